The van der Waals surface area contributed by atoms with Crippen molar-refractivity contribution in [1.29, 1.82) is 0 Å². The molecule has 0 aliphatic heterocycles. The number of halogens is 1. The lowest BCUT2D eigenvalue weighted by molar-refractivity contribution is -0.194. The molecule has 7 atom stereocenters. The summed E-state index contributed by atoms with van der Waals surface area (Å²) < 4.78 is 5.23. The zero-order valence-corrected chi connectivity index (χ0v) is 19.3. The molecule has 1 N–H and O–H groups in total. The van der Waals surface area contributed by atoms with Crippen molar-refractivity contribution in [2.24, 2.45) is 22.7 Å². The number of carbonyl (C=O) groups excluding carboxylic acids is 3. The molecule has 3 fully saturated rings. The molecular formula is C23H31BrO5. The Balaban J connectivity index is 1.81. The Bertz CT molecular complexity index is 820. The monoisotopic (exact) mass is 466 g/mol. The van der Waals surface area contributed by atoms with E-state index >= 15 is 0 Å². The Hall–Kier alpha value is -1.01. The van der Waals surface area contributed by atoms with Gasteiger partial charge in [-0.15, -0.1) is 0 Å². The molecule has 0 aromatic heterocycles. The first-order valence-corrected chi connectivity index (χ1v) is 11.5. The van der Waals surface area contributed by atoms with Gasteiger partial charge in [0.1, 0.15) is 0 Å². The normalized spacial score (nSPS) is 48.8. The van der Waals surface area contributed by atoms with Gasteiger partial charge in [-0.3, -0.25) is 14.4 Å². The molecule has 4 aliphatic carbocycles. The van der Waals surface area contributed by atoms with Crippen LogP contribution >= 0.6 is 15.9 Å². The number of rotatable bonds is 2. The molecule has 0 aromatic carbocycles. The SMILES string of the molecule is CC(=O)O[C@]1(C(C)=O)CC[C@H]2[C@@H]3CCC4=CC(=O)CC[C@]4(C)[C@@]3(Br)[C@@H](O)C[C@@]21C. The molecule has 0 aromatic rings. The zero-order chi connectivity index (χ0) is 21.4. The number of fused-ring (bicyclic) bond motifs is 5. The van der Waals surface area contributed by atoms with Gasteiger partial charge in [0.2, 0.25) is 0 Å². The highest BCUT2D eigenvalue weighted by Crippen LogP contribution is 2.72. The Morgan fingerprint density at radius 2 is 1.83 bits per heavy atom. The van der Waals surface area contributed by atoms with E-state index in [9.17, 15) is 19.5 Å². The van der Waals surface area contributed by atoms with Crippen LogP contribution in [0, 0.1) is 22.7 Å². The van der Waals surface area contributed by atoms with Gasteiger partial charge >= 0.3 is 5.97 Å². The molecule has 160 valence electrons. The van der Waals surface area contributed by atoms with E-state index in [0.717, 1.165) is 31.3 Å². The predicted molar refractivity (Wildman–Crippen MR) is 111 cm³/mol. The summed E-state index contributed by atoms with van der Waals surface area (Å²) in [6.07, 6.45) is 5.70. The molecule has 4 aliphatic rings. The number of hydrogen-bond acceptors (Lipinski definition) is 5. The quantitative estimate of drug-likeness (QED) is 0.492. The summed E-state index contributed by atoms with van der Waals surface area (Å²) in [7, 11) is 0. The maximum Gasteiger partial charge on any atom is 0.303 e. The van der Waals surface area contributed by atoms with Crippen LogP contribution in [0.5, 0.6) is 0 Å². The topological polar surface area (TPSA) is 80.7 Å². The van der Waals surface area contributed by atoms with Crippen molar-refractivity contribution in [2.75, 3.05) is 0 Å². The molecule has 0 saturated heterocycles. The van der Waals surface area contributed by atoms with Gasteiger partial charge in [0, 0.05) is 24.2 Å². The molecule has 3 saturated carbocycles. The minimum Gasteiger partial charge on any atom is -0.451 e. The van der Waals surface area contributed by atoms with Gasteiger partial charge < -0.3 is 9.84 Å². The molecule has 5 nitrogen and oxygen atoms in total. The Morgan fingerprint density at radius 3 is 2.45 bits per heavy atom. The average Bonchev–Trinajstić information content (AvgIpc) is 2.90. The summed E-state index contributed by atoms with van der Waals surface area (Å²) in [5.74, 6) is -0.0990. The Kier molecular flexibility index (Phi) is 4.75. The third-order valence-electron chi connectivity index (χ3n) is 9.05. The summed E-state index contributed by atoms with van der Waals surface area (Å²) in [4.78, 5) is 36.8. The maximum atomic E-state index is 12.8. The van der Waals surface area contributed by atoms with Crippen LogP contribution in [0.25, 0.3) is 0 Å². The van der Waals surface area contributed by atoms with E-state index in [4.69, 9.17) is 4.74 Å². The van der Waals surface area contributed by atoms with Gasteiger partial charge in [-0.05, 0) is 63.4 Å². The molecule has 0 heterocycles. The largest absolute Gasteiger partial charge is 0.451 e. The van der Waals surface area contributed by atoms with Crippen LogP contribution in [0.1, 0.15) is 72.6 Å². The van der Waals surface area contributed by atoms with Crippen molar-refractivity contribution in [3.05, 3.63) is 11.6 Å². The van der Waals surface area contributed by atoms with Crippen molar-refractivity contribution in [1.82, 2.24) is 0 Å². The van der Waals surface area contributed by atoms with E-state index in [0.29, 0.717) is 19.3 Å². The van der Waals surface area contributed by atoms with Gasteiger partial charge in [-0.2, -0.15) is 0 Å². The molecule has 4 rings (SSSR count). The lowest BCUT2D eigenvalue weighted by atomic mass is 9.45. The van der Waals surface area contributed by atoms with Gasteiger partial charge in [0.15, 0.2) is 17.2 Å². The van der Waals surface area contributed by atoms with Crippen LogP contribution < -0.4 is 0 Å². The standard InChI is InChI=1S/C23H31BrO5/c1-13(25)22(29-14(2)26)10-8-17-18-6-5-15-11-16(27)7-9-20(15,3)23(18,24)19(28)12-21(17,22)4/h11,17-19,28H,5-10,12H2,1-4H3/t17-,18-,19-,20-,21-,22-,23-/m0/s1. The zero-order valence-electron chi connectivity index (χ0n) is 17.7. The lowest BCUT2D eigenvalue weighted by Gasteiger charge is -2.65. The molecular weight excluding hydrogens is 436 g/mol. The number of allylic oxidation sites excluding steroid dienone is 1. The summed E-state index contributed by atoms with van der Waals surface area (Å²) in [5.41, 5.74) is -0.930. The maximum absolute atomic E-state index is 12.8. The van der Waals surface area contributed by atoms with Crippen LogP contribution in [-0.2, 0) is 19.1 Å². The van der Waals surface area contributed by atoms with Crippen LogP contribution in [-0.4, -0.2) is 38.7 Å². The minimum atomic E-state index is -1.17. The molecule has 0 bridgehead atoms. The summed E-state index contributed by atoms with van der Waals surface area (Å²) in [5, 5.41) is 11.6. The second-order valence-electron chi connectivity index (χ2n) is 10.1. The summed E-state index contributed by atoms with van der Waals surface area (Å²) in [6, 6.07) is 0. The van der Waals surface area contributed by atoms with E-state index in [-0.39, 0.29) is 28.8 Å². The van der Waals surface area contributed by atoms with Gasteiger partial charge in [-0.1, -0.05) is 35.4 Å². The van der Waals surface area contributed by atoms with Gasteiger partial charge in [0.05, 0.1) is 10.4 Å². The third-order valence-corrected chi connectivity index (χ3v) is 11.0. The highest BCUT2D eigenvalue weighted by molar-refractivity contribution is 9.10. The molecule has 29 heavy (non-hydrogen) atoms. The number of ether oxygens (including phenoxy) is 1. The van der Waals surface area contributed by atoms with Crippen molar-refractivity contribution in [2.45, 2.75) is 88.7 Å². The number of alkyl halides is 1. The van der Waals surface area contributed by atoms with Crippen molar-refractivity contribution in [3.63, 3.8) is 0 Å². The van der Waals surface area contributed by atoms with Crippen LogP contribution in [0.15, 0.2) is 11.6 Å². The molecule has 0 amide bonds. The average molecular weight is 467 g/mol. The number of carbonyl (C=O) groups is 3. The number of hydrogen-bond donors (Lipinski definition) is 1. The van der Waals surface area contributed by atoms with E-state index in [1.807, 2.05) is 6.92 Å². The highest BCUT2D eigenvalue weighted by Gasteiger charge is 2.73. The number of esters is 1. The second kappa shape index (κ2) is 6.49. The van der Waals surface area contributed by atoms with E-state index in [1.165, 1.54) is 13.8 Å². The number of Topliss-reactive ketones (excluding diaryl/α,β-unsaturated/α-hetero) is 1. The van der Waals surface area contributed by atoms with Gasteiger partial charge in [0.25, 0.3) is 0 Å². The first kappa shape index (κ1) is 21.2. The number of ketones is 2. The summed E-state index contributed by atoms with van der Waals surface area (Å²) >= 11 is 4.05. The summed E-state index contributed by atoms with van der Waals surface area (Å²) in [6.45, 7) is 7.07. The van der Waals surface area contributed by atoms with Crippen LogP contribution in [0.3, 0.4) is 0 Å². The van der Waals surface area contributed by atoms with E-state index < -0.39 is 27.4 Å². The van der Waals surface area contributed by atoms with Crippen molar-refractivity contribution in [3.8, 4) is 0 Å². The molecule has 0 radical (unpaired) electrons. The highest BCUT2D eigenvalue weighted by atomic mass is 79.9. The lowest BCUT2D eigenvalue weighted by Crippen LogP contribution is -2.69. The fourth-order valence-corrected chi connectivity index (χ4v) is 8.78. The van der Waals surface area contributed by atoms with Crippen molar-refractivity contribution < 1.29 is 24.2 Å². The van der Waals surface area contributed by atoms with Crippen LogP contribution in [0.4, 0.5) is 0 Å². The smallest absolute Gasteiger partial charge is 0.303 e. The Labute approximate surface area is 180 Å². The molecule has 0 spiro atoms. The first-order valence-electron chi connectivity index (χ1n) is 10.7. The third kappa shape index (κ3) is 2.51. The number of aliphatic hydroxyl groups is 1. The molecule has 6 heteroatoms. The predicted octanol–water partition coefficient (Wildman–Crippen LogP) is 3.90. The van der Waals surface area contributed by atoms with Crippen molar-refractivity contribution >= 4 is 33.5 Å². The second-order valence-corrected chi connectivity index (χ2v) is 11.5. The van der Waals surface area contributed by atoms with E-state index in [2.05, 4.69) is 22.9 Å². The van der Waals surface area contributed by atoms with Crippen LogP contribution in [0.2, 0.25) is 0 Å². The Morgan fingerprint density at radius 1 is 1.14 bits per heavy atom. The minimum absolute atomic E-state index is 0.127. The molecule has 0 unspecified atom stereocenters. The fourth-order valence-electron chi connectivity index (χ4n) is 7.62. The van der Waals surface area contributed by atoms with Gasteiger partial charge in [-0.25, -0.2) is 0 Å². The fraction of sp³-hybridized carbons (Fsp3) is 0.783. The number of aliphatic hydroxyl groups excluding tert-OH is 1. The van der Waals surface area contributed by atoms with E-state index in [1.54, 1.807) is 6.08 Å². The first-order chi connectivity index (χ1) is 13.4.